The SMILES string of the molecule is CC(C[C@@H]1[C@@H](Cc2ccc(C(F)(F)F)cc2)CO[C@@H]1c1ccccc1)=C(C)C(=O)O. The number of carboxylic acids is 1. The smallest absolute Gasteiger partial charge is 0.416 e. The van der Waals surface area contributed by atoms with Crippen LogP contribution in [0.1, 0.15) is 43.1 Å². The molecule has 160 valence electrons. The monoisotopic (exact) mass is 418 g/mol. The van der Waals surface area contributed by atoms with Crippen LogP contribution in [0.15, 0.2) is 65.7 Å². The predicted molar refractivity (Wildman–Crippen MR) is 108 cm³/mol. The number of halogens is 3. The Hall–Kier alpha value is -2.60. The molecule has 0 aromatic heterocycles. The lowest BCUT2D eigenvalue weighted by molar-refractivity contribution is -0.137. The van der Waals surface area contributed by atoms with Crippen molar-refractivity contribution in [3.8, 4) is 0 Å². The quantitative estimate of drug-likeness (QED) is 0.580. The predicted octanol–water partition coefficient (Wildman–Crippen LogP) is 6.06. The molecule has 3 atom stereocenters. The summed E-state index contributed by atoms with van der Waals surface area (Å²) in [5.41, 5.74) is 2.28. The molecule has 0 unspecified atom stereocenters. The lowest BCUT2D eigenvalue weighted by Gasteiger charge is -2.24. The Balaban J connectivity index is 1.85. The average molecular weight is 418 g/mol. The molecule has 1 N–H and O–H groups in total. The number of carboxylic acid groups (broad SMARTS) is 1. The molecule has 1 saturated heterocycles. The third-order valence-corrected chi connectivity index (χ3v) is 5.89. The Bertz CT molecular complexity index is 902. The van der Waals surface area contributed by atoms with Gasteiger partial charge in [-0.3, -0.25) is 0 Å². The van der Waals surface area contributed by atoms with E-state index in [0.29, 0.717) is 25.0 Å². The normalized spacial score (nSPS) is 22.6. The van der Waals surface area contributed by atoms with Crippen molar-refractivity contribution in [2.24, 2.45) is 11.8 Å². The standard InChI is InChI=1S/C24H25F3O3/c1-15(16(2)23(28)29)12-21-19(14-30-22(21)18-6-4-3-5-7-18)13-17-8-10-20(11-9-17)24(25,26)27/h3-11,19,21-22H,12-14H2,1-2H3,(H,28,29)/t19-,21+,22+/m0/s1. The zero-order chi connectivity index (χ0) is 21.9. The van der Waals surface area contributed by atoms with Crippen LogP contribution in [-0.2, 0) is 22.1 Å². The summed E-state index contributed by atoms with van der Waals surface area (Å²) in [5.74, 6) is -0.838. The molecule has 3 rings (SSSR count). The molecule has 2 aromatic carbocycles. The molecule has 0 saturated carbocycles. The third-order valence-electron chi connectivity index (χ3n) is 5.89. The van der Waals surface area contributed by atoms with Gasteiger partial charge in [0.25, 0.3) is 0 Å². The van der Waals surface area contributed by atoms with Gasteiger partial charge in [0.1, 0.15) is 0 Å². The van der Waals surface area contributed by atoms with E-state index in [-0.39, 0.29) is 17.9 Å². The molecule has 30 heavy (non-hydrogen) atoms. The summed E-state index contributed by atoms with van der Waals surface area (Å²) in [7, 11) is 0. The van der Waals surface area contributed by atoms with Gasteiger partial charge in [0.15, 0.2) is 0 Å². The summed E-state index contributed by atoms with van der Waals surface area (Å²) in [4.78, 5) is 11.4. The van der Waals surface area contributed by atoms with E-state index in [1.54, 1.807) is 6.92 Å². The maximum atomic E-state index is 12.8. The number of carbonyl (C=O) groups is 1. The zero-order valence-corrected chi connectivity index (χ0v) is 16.9. The summed E-state index contributed by atoms with van der Waals surface area (Å²) in [6.07, 6.45) is -3.40. The average Bonchev–Trinajstić information content (AvgIpc) is 3.09. The number of ether oxygens (including phenoxy) is 1. The Kier molecular flexibility index (Phi) is 6.66. The second-order valence-electron chi connectivity index (χ2n) is 7.90. The first-order chi connectivity index (χ1) is 14.2. The van der Waals surface area contributed by atoms with Gasteiger partial charge in [-0.25, -0.2) is 4.79 Å². The fraction of sp³-hybridized carbons (Fsp3) is 0.375. The van der Waals surface area contributed by atoms with E-state index in [2.05, 4.69) is 0 Å². The third kappa shape index (κ3) is 5.11. The second kappa shape index (κ2) is 9.04. The van der Waals surface area contributed by atoms with Crippen LogP contribution in [0.5, 0.6) is 0 Å². The lowest BCUT2D eigenvalue weighted by atomic mass is 9.79. The van der Waals surface area contributed by atoms with Crippen LogP contribution in [0.25, 0.3) is 0 Å². The first-order valence-electron chi connectivity index (χ1n) is 9.89. The molecule has 0 amide bonds. The molecule has 1 aliphatic heterocycles. The van der Waals surface area contributed by atoms with Crippen molar-refractivity contribution in [2.75, 3.05) is 6.61 Å². The number of hydrogen-bond donors (Lipinski definition) is 1. The molecule has 0 bridgehead atoms. The minimum Gasteiger partial charge on any atom is -0.478 e. The summed E-state index contributed by atoms with van der Waals surface area (Å²) in [6.45, 7) is 3.89. The summed E-state index contributed by atoms with van der Waals surface area (Å²) in [6, 6.07) is 15.0. The summed E-state index contributed by atoms with van der Waals surface area (Å²) >= 11 is 0. The Labute approximate surface area is 174 Å². The van der Waals surface area contributed by atoms with E-state index in [1.165, 1.54) is 12.1 Å². The molecule has 1 aliphatic rings. The number of alkyl halides is 3. The van der Waals surface area contributed by atoms with E-state index >= 15 is 0 Å². The maximum absolute atomic E-state index is 12.8. The molecule has 1 fully saturated rings. The molecule has 3 nitrogen and oxygen atoms in total. The Morgan fingerprint density at radius 2 is 1.70 bits per heavy atom. The van der Waals surface area contributed by atoms with Gasteiger partial charge >= 0.3 is 12.1 Å². The van der Waals surface area contributed by atoms with Crippen molar-refractivity contribution in [2.45, 2.75) is 39.0 Å². The Morgan fingerprint density at radius 1 is 1.07 bits per heavy atom. The van der Waals surface area contributed by atoms with Gasteiger partial charge in [-0.1, -0.05) is 48.0 Å². The highest BCUT2D eigenvalue weighted by Crippen LogP contribution is 2.43. The molecule has 0 aliphatic carbocycles. The number of rotatable bonds is 6. The summed E-state index contributed by atoms with van der Waals surface area (Å²) in [5, 5.41) is 9.32. The fourth-order valence-electron chi connectivity index (χ4n) is 4.01. The van der Waals surface area contributed by atoms with Crippen LogP contribution in [0.3, 0.4) is 0 Å². The van der Waals surface area contributed by atoms with Crippen LogP contribution in [0, 0.1) is 11.8 Å². The van der Waals surface area contributed by atoms with Crippen molar-refractivity contribution in [3.63, 3.8) is 0 Å². The number of hydrogen-bond acceptors (Lipinski definition) is 2. The fourth-order valence-corrected chi connectivity index (χ4v) is 4.01. The number of allylic oxidation sites excluding steroid dienone is 1. The minimum absolute atomic E-state index is 0.0315. The maximum Gasteiger partial charge on any atom is 0.416 e. The number of benzene rings is 2. The van der Waals surface area contributed by atoms with Crippen LogP contribution < -0.4 is 0 Å². The van der Waals surface area contributed by atoms with Crippen molar-refractivity contribution in [1.82, 2.24) is 0 Å². The topological polar surface area (TPSA) is 46.5 Å². The number of aliphatic carboxylic acids is 1. The van der Waals surface area contributed by atoms with Crippen LogP contribution in [-0.4, -0.2) is 17.7 Å². The molecule has 0 spiro atoms. The van der Waals surface area contributed by atoms with Crippen molar-refractivity contribution in [1.29, 1.82) is 0 Å². The molecular formula is C24H25F3O3. The van der Waals surface area contributed by atoms with Crippen molar-refractivity contribution in [3.05, 3.63) is 82.4 Å². The highest BCUT2D eigenvalue weighted by Gasteiger charge is 2.38. The second-order valence-corrected chi connectivity index (χ2v) is 7.90. The highest BCUT2D eigenvalue weighted by molar-refractivity contribution is 5.86. The first kappa shape index (κ1) is 22.1. The first-order valence-corrected chi connectivity index (χ1v) is 9.89. The zero-order valence-electron chi connectivity index (χ0n) is 16.9. The van der Waals surface area contributed by atoms with E-state index in [9.17, 15) is 23.1 Å². The molecule has 1 heterocycles. The highest BCUT2D eigenvalue weighted by atomic mass is 19.4. The van der Waals surface area contributed by atoms with Crippen molar-refractivity contribution < 1.29 is 27.8 Å². The van der Waals surface area contributed by atoms with Crippen molar-refractivity contribution >= 4 is 5.97 Å². The van der Waals surface area contributed by atoms with E-state index in [4.69, 9.17) is 4.74 Å². The molecular weight excluding hydrogens is 393 g/mol. The summed E-state index contributed by atoms with van der Waals surface area (Å²) < 4.78 is 44.6. The van der Waals surface area contributed by atoms with Gasteiger partial charge in [-0.05, 0) is 61.8 Å². The van der Waals surface area contributed by atoms with Gasteiger partial charge in [-0.2, -0.15) is 13.2 Å². The van der Waals surface area contributed by atoms with Crippen LogP contribution in [0.2, 0.25) is 0 Å². The van der Waals surface area contributed by atoms with Gasteiger partial charge in [0, 0.05) is 5.57 Å². The van der Waals surface area contributed by atoms with Crippen LogP contribution in [0.4, 0.5) is 13.2 Å². The van der Waals surface area contributed by atoms with Gasteiger partial charge in [-0.15, -0.1) is 0 Å². The molecule has 0 radical (unpaired) electrons. The van der Waals surface area contributed by atoms with Gasteiger partial charge in [0.05, 0.1) is 18.3 Å². The van der Waals surface area contributed by atoms with Gasteiger partial charge < -0.3 is 9.84 Å². The van der Waals surface area contributed by atoms with E-state index < -0.39 is 17.7 Å². The molecule has 2 aromatic rings. The van der Waals surface area contributed by atoms with Gasteiger partial charge in [0.2, 0.25) is 0 Å². The van der Waals surface area contributed by atoms with E-state index in [1.807, 2.05) is 37.3 Å². The molecule has 6 heteroatoms. The van der Waals surface area contributed by atoms with E-state index in [0.717, 1.165) is 28.8 Å². The largest absolute Gasteiger partial charge is 0.478 e. The Morgan fingerprint density at radius 3 is 2.27 bits per heavy atom. The van der Waals surface area contributed by atoms with Crippen LogP contribution >= 0.6 is 0 Å². The lowest BCUT2D eigenvalue weighted by Crippen LogP contribution is -2.19. The minimum atomic E-state index is -4.35.